The fraction of sp³-hybridized carbons (Fsp3) is 0.909. The van der Waals surface area contributed by atoms with Crippen molar-refractivity contribution in [3.63, 3.8) is 0 Å². The van der Waals surface area contributed by atoms with E-state index in [1.165, 1.54) is 12.8 Å². The zero-order chi connectivity index (χ0) is 10.9. The summed E-state index contributed by atoms with van der Waals surface area (Å²) in [4.78, 5) is 15.6. The highest BCUT2D eigenvalue weighted by atomic mass is 16.2. The second-order valence-electron chi connectivity index (χ2n) is 5.06. The number of hydrogen-bond donors (Lipinski definition) is 1. The minimum atomic E-state index is 0.254. The van der Waals surface area contributed by atoms with E-state index >= 15 is 0 Å². The van der Waals surface area contributed by atoms with Gasteiger partial charge in [-0.25, -0.2) is 0 Å². The van der Waals surface area contributed by atoms with Gasteiger partial charge in [0.05, 0.1) is 6.54 Å². The number of nitrogens with zero attached hydrogens (tertiary/aromatic N) is 2. The summed E-state index contributed by atoms with van der Waals surface area (Å²) in [6.07, 6.45) is 3.71. The zero-order valence-corrected chi connectivity index (χ0v) is 9.54. The van der Waals surface area contributed by atoms with Gasteiger partial charge in [0.2, 0.25) is 5.91 Å². The molecule has 1 heterocycles. The number of hydrogen-bond acceptors (Lipinski definition) is 3. The Morgan fingerprint density at radius 3 is 2.67 bits per heavy atom. The second-order valence-corrected chi connectivity index (χ2v) is 5.06. The van der Waals surface area contributed by atoms with Crippen molar-refractivity contribution in [1.29, 1.82) is 0 Å². The van der Waals surface area contributed by atoms with E-state index in [2.05, 4.69) is 4.90 Å². The maximum atomic E-state index is 11.5. The zero-order valence-electron chi connectivity index (χ0n) is 9.54. The molecule has 2 aliphatic rings. The number of piperazine rings is 1. The molecule has 0 bridgehead atoms. The molecule has 0 aromatic rings. The van der Waals surface area contributed by atoms with Gasteiger partial charge in [-0.3, -0.25) is 9.69 Å². The van der Waals surface area contributed by atoms with Crippen LogP contribution in [0.4, 0.5) is 0 Å². The van der Waals surface area contributed by atoms with Crippen molar-refractivity contribution in [3.8, 4) is 0 Å². The van der Waals surface area contributed by atoms with E-state index in [1.807, 2.05) is 11.9 Å². The van der Waals surface area contributed by atoms with E-state index in [4.69, 9.17) is 5.73 Å². The van der Waals surface area contributed by atoms with Gasteiger partial charge in [-0.15, -0.1) is 0 Å². The predicted octanol–water partition coefficient (Wildman–Crippen LogP) is -0.111. The molecule has 86 valence electrons. The highest BCUT2D eigenvalue weighted by Gasteiger charge is 2.43. The first-order valence-electron chi connectivity index (χ1n) is 5.82. The smallest absolute Gasteiger partial charge is 0.236 e. The van der Waals surface area contributed by atoms with Crippen LogP contribution in [0.5, 0.6) is 0 Å². The first-order chi connectivity index (χ1) is 7.15. The first kappa shape index (κ1) is 10.9. The number of amides is 1. The summed E-state index contributed by atoms with van der Waals surface area (Å²) in [7, 11) is 1.88. The second kappa shape index (κ2) is 4.10. The van der Waals surface area contributed by atoms with Crippen LogP contribution in [0, 0.1) is 5.41 Å². The molecule has 2 fully saturated rings. The third-order valence-electron chi connectivity index (χ3n) is 3.73. The lowest BCUT2D eigenvalue weighted by Gasteiger charge is -2.34. The average Bonchev–Trinajstić information content (AvgIpc) is 2.92. The van der Waals surface area contributed by atoms with Crippen molar-refractivity contribution in [2.45, 2.75) is 19.3 Å². The summed E-state index contributed by atoms with van der Waals surface area (Å²) in [6.45, 7) is 4.35. The molecule has 1 aliphatic carbocycles. The maximum Gasteiger partial charge on any atom is 0.236 e. The van der Waals surface area contributed by atoms with E-state index in [0.29, 0.717) is 12.0 Å². The van der Waals surface area contributed by atoms with Gasteiger partial charge in [0.25, 0.3) is 0 Å². The Bertz CT molecular complexity index is 250. The Balaban J connectivity index is 1.83. The van der Waals surface area contributed by atoms with E-state index in [1.54, 1.807) is 0 Å². The highest BCUT2D eigenvalue weighted by Crippen LogP contribution is 2.49. The molecule has 15 heavy (non-hydrogen) atoms. The fourth-order valence-electron chi connectivity index (χ4n) is 2.39. The summed E-state index contributed by atoms with van der Waals surface area (Å²) in [5.74, 6) is 0.254. The van der Waals surface area contributed by atoms with E-state index in [9.17, 15) is 4.79 Å². The van der Waals surface area contributed by atoms with Crippen LogP contribution in [0.1, 0.15) is 19.3 Å². The summed E-state index contributed by atoms with van der Waals surface area (Å²) in [5, 5.41) is 0. The van der Waals surface area contributed by atoms with Gasteiger partial charge < -0.3 is 10.6 Å². The predicted molar refractivity (Wildman–Crippen MR) is 59.4 cm³/mol. The van der Waals surface area contributed by atoms with Gasteiger partial charge in [-0.1, -0.05) is 0 Å². The minimum absolute atomic E-state index is 0.254. The van der Waals surface area contributed by atoms with Crippen molar-refractivity contribution in [3.05, 3.63) is 0 Å². The minimum Gasteiger partial charge on any atom is -0.343 e. The van der Waals surface area contributed by atoms with E-state index < -0.39 is 0 Å². The lowest BCUT2D eigenvalue weighted by atomic mass is 10.0. The van der Waals surface area contributed by atoms with Gasteiger partial charge in [-0.2, -0.15) is 0 Å². The van der Waals surface area contributed by atoms with Gasteiger partial charge in [0, 0.05) is 26.7 Å². The number of nitrogens with two attached hydrogens (primary N) is 1. The summed E-state index contributed by atoms with van der Waals surface area (Å²) >= 11 is 0. The quantitative estimate of drug-likeness (QED) is 0.706. The van der Waals surface area contributed by atoms with Crippen LogP contribution in [0.15, 0.2) is 0 Å². The Hall–Kier alpha value is -0.610. The van der Waals surface area contributed by atoms with Crippen molar-refractivity contribution in [2.75, 3.05) is 39.8 Å². The molecule has 2 rings (SSSR count). The molecule has 2 N–H and O–H groups in total. The lowest BCUT2D eigenvalue weighted by molar-refractivity contribution is -0.134. The summed E-state index contributed by atoms with van der Waals surface area (Å²) in [6, 6.07) is 0. The average molecular weight is 211 g/mol. The molecule has 1 saturated heterocycles. The van der Waals surface area contributed by atoms with Crippen LogP contribution in [0.25, 0.3) is 0 Å². The number of likely N-dealkylation sites (N-methyl/N-ethyl adjacent to an activating group) is 1. The SMILES string of the molecule is CN1CCN(CC2(CCN)CC2)CC1=O. The Morgan fingerprint density at radius 1 is 1.40 bits per heavy atom. The highest BCUT2D eigenvalue weighted by molar-refractivity contribution is 5.78. The standard InChI is InChI=1S/C11H21N3O/c1-13-6-7-14(8-10(13)15)9-11(2-3-11)4-5-12/h2-9,12H2,1H3. The number of carbonyl (C=O) groups is 1. The monoisotopic (exact) mass is 211 g/mol. The van der Waals surface area contributed by atoms with Crippen LogP contribution in [-0.4, -0.2) is 55.5 Å². The molecule has 1 saturated carbocycles. The van der Waals surface area contributed by atoms with Gasteiger partial charge in [0.1, 0.15) is 0 Å². The van der Waals surface area contributed by atoms with Gasteiger partial charge >= 0.3 is 0 Å². The van der Waals surface area contributed by atoms with Crippen molar-refractivity contribution in [2.24, 2.45) is 11.1 Å². The van der Waals surface area contributed by atoms with Crippen molar-refractivity contribution >= 4 is 5.91 Å². The molecule has 0 atom stereocenters. The molecule has 0 unspecified atom stereocenters. The fourth-order valence-corrected chi connectivity index (χ4v) is 2.39. The molecule has 0 aromatic carbocycles. The number of rotatable bonds is 4. The van der Waals surface area contributed by atoms with E-state index in [0.717, 1.165) is 32.6 Å². The summed E-state index contributed by atoms with van der Waals surface area (Å²) < 4.78 is 0. The topological polar surface area (TPSA) is 49.6 Å². The molecule has 0 spiro atoms. The van der Waals surface area contributed by atoms with Crippen LogP contribution in [-0.2, 0) is 4.79 Å². The third kappa shape index (κ3) is 2.49. The lowest BCUT2D eigenvalue weighted by Crippen LogP contribution is -2.50. The molecular formula is C11H21N3O. The van der Waals surface area contributed by atoms with Crippen LogP contribution >= 0.6 is 0 Å². The van der Waals surface area contributed by atoms with Crippen molar-refractivity contribution < 1.29 is 4.79 Å². The Kier molecular flexibility index (Phi) is 2.98. The maximum absolute atomic E-state index is 11.5. The van der Waals surface area contributed by atoms with Crippen LogP contribution in [0.2, 0.25) is 0 Å². The normalized spacial score (nSPS) is 25.7. The van der Waals surface area contributed by atoms with Crippen LogP contribution < -0.4 is 5.73 Å². The third-order valence-corrected chi connectivity index (χ3v) is 3.73. The molecule has 4 nitrogen and oxygen atoms in total. The summed E-state index contributed by atoms with van der Waals surface area (Å²) in [5.41, 5.74) is 6.08. The molecule has 4 heteroatoms. The largest absolute Gasteiger partial charge is 0.343 e. The number of carbonyl (C=O) groups excluding carboxylic acids is 1. The Morgan fingerprint density at radius 2 is 2.13 bits per heavy atom. The molecule has 1 aliphatic heterocycles. The first-order valence-corrected chi connectivity index (χ1v) is 5.82. The molecule has 1 amide bonds. The van der Waals surface area contributed by atoms with Gasteiger partial charge in [-0.05, 0) is 31.2 Å². The van der Waals surface area contributed by atoms with Crippen LogP contribution in [0.3, 0.4) is 0 Å². The molecule has 0 aromatic heterocycles. The Labute approximate surface area is 91.4 Å². The van der Waals surface area contributed by atoms with Gasteiger partial charge in [0.15, 0.2) is 0 Å². The van der Waals surface area contributed by atoms with E-state index in [-0.39, 0.29) is 5.91 Å². The molecule has 0 radical (unpaired) electrons. The molecular weight excluding hydrogens is 190 g/mol. The van der Waals surface area contributed by atoms with Crippen molar-refractivity contribution in [1.82, 2.24) is 9.80 Å².